The maximum atomic E-state index is 10.4. The molecule has 1 aromatic rings. The van der Waals surface area contributed by atoms with Gasteiger partial charge in [0.1, 0.15) is 0 Å². The van der Waals surface area contributed by atoms with E-state index in [1.54, 1.807) is 26.4 Å². The molecule has 0 saturated heterocycles. The van der Waals surface area contributed by atoms with Crippen LogP contribution in [0.4, 0.5) is 0 Å². The molecule has 0 aliphatic heterocycles. The van der Waals surface area contributed by atoms with Crippen molar-refractivity contribution in [3.63, 3.8) is 0 Å². The van der Waals surface area contributed by atoms with Crippen molar-refractivity contribution in [3.05, 3.63) is 22.7 Å². The second-order valence-electron chi connectivity index (χ2n) is 5.47. The molecule has 4 heteroatoms. The van der Waals surface area contributed by atoms with Gasteiger partial charge in [0.25, 0.3) is 0 Å². The van der Waals surface area contributed by atoms with Crippen molar-refractivity contribution >= 4 is 11.6 Å². The fourth-order valence-electron chi connectivity index (χ4n) is 2.36. The summed E-state index contributed by atoms with van der Waals surface area (Å²) in [6.07, 6.45) is 0.464. The third-order valence-corrected chi connectivity index (χ3v) is 4.12. The van der Waals surface area contributed by atoms with E-state index in [-0.39, 0.29) is 11.3 Å². The minimum absolute atomic E-state index is 0.190. The highest BCUT2D eigenvalue weighted by atomic mass is 35.5. The molecule has 0 aromatic heterocycles. The summed E-state index contributed by atoms with van der Waals surface area (Å²) in [6.45, 7) is 4.30. The van der Waals surface area contributed by atoms with E-state index in [1.807, 2.05) is 0 Å². The van der Waals surface area contributed by atoms with Crippen molar-refractivity contribution in [2.45, 2.75) is 26.4 Å². The number of benzene rings is 1. The topological polar surface area (TPSA) is 38.7 Å². The van der Waals surface area contributed by atoms with Gasteiger partial charge in [0.05, 0.1) is 25.3 Å². The Labute approximate surface area is 113 Å². The van der Waals surface area contributed by atoms with Crippen LogP contribution in [0.25, 0.3) is 0 Å². The van der Waals surface area contributed by atoms with Gasteiger partial charge < -0.3 is 14.6 Å². The fraction of sp³-hybridized carbons (Fsp3) is 0.571. The van der Waals surface area contributed by atoms with E-state index in [0.717, 1.165) is 6.42 Å². The molecule has 0 amide bonds. The molecule has 1 saturated carbocycles. The summed E-state index contributed by atoms with van der Waals surface area (Å²) < 4.78 is 10.4. The molecule has 2 atom stereocenters. The first-order chi connectivity index (χ1) is 8.40. The van der Waals surface area contributed by atoms with Crippen LogP contribution in [-0.2, 0) is 0 Å². The Morgan fingerprint density at radius 1 is 1.28 bits per heavy atom. The predicted octanol–water partition coefficient (Wildman–Crippen LogP) is 3.44. The molecule has 1 aliphatic rings. The van der Waals surface area contributed by atoms with Gasteiger partial charge in [-0.25, -0.2) is 0 Å². The zero-order valence-electron chi connectivity index (χ0n) is 11.2. The molecular weight excluding hydrogens is 252 g/mol. The molecule has 1 aromatic carbocycles. The first kappa shape index (κ1) is 13.5. The van der Waals surface area contributed by atoms with Crippen molar-refractivity contribution in [2.24, 2.45) is 11.3 Å². The van der Waals surface area contributed by atoms with Crippen LogP contribution >= 0.6 is 11.6 Å². The van der Waals surface area contributed by atoms with E-state index in [4.69, 9.17) is 21.1 Å². The van der Waals surface area contributed by atoms with Crippen LogP contribution in [0.3, 0.4) is 0 Å². The van der Waals surface area contributed by atoms with Gasteiger partial charge in [0.15, 0.2) is 11.5 Å². The van der Waals surface area contributed by atoms with Gasteiger partial charge in [-0.2, -0.15) is 0 Å². The molecule has 2 rings (SSSR count). The third kappa shape index (κ3) is 2.29. The van der Waals surface area contributed by atoms with Crippen LogP contribution in [0, 0.1) is 11.3 Å². The highest BCUT2D eigenvalue weighted by molar-refractivity contribution is 6.31. The molecule has 1 aliphatic carbocycles. The van der Waals surface area contributed by atoms with Gasteiger partial charge >= 0.3 is 0 Å². The zero-order valence-corrected chi connectivity index (χ0v) is 11.9. The standard InChI is InChI=1S/C14H19ClO3/c1-14(2)7-9(14)13(16)8-5-11(17-3)12(18-4)6-10(8)15/h5-6,9,13,16H,7H2,1-4H3. The number of hydrogen-bond acceptors (Lipinski definition) is 3. The summed E-state index contributed by atoms with van der Waals surface area (Å²) in [7, 11) is 3.14. The molecule has 3 nitrogen and oxygen atoms in total. The lowest BCUT2D eigenvalue weighted by Crippen LogP contribution is -2.06. The summed E-state index contributed by atoms with van der Waals surface area (Å²) in [5.41, 5.74) is 0.903. The Balaban J connectivity index is 2.33. The maximum absolute atomic E-state index is 10.4. The molecule has 100 valence electrons. The average molecular weight is 271 g/mol. The predicted molar refractivity (Wildman–Crippen MR) is 71.4 cm³/mol. The normalized spacial score (nSPS) is 22.4. The van der Waals surface area contributed by atoms with E-state index in [0.29, 0.717) is 22.1 Å². The van der Waals surface area contributed by atoms with Crippen molar-refractivity contribution in [2.75, 3.05) is 14.2 Å². The second kappa shape index (κ2) is 4.63. The summed E-state index contributed by atoms with van der Waals surface area (Å²) in [4.78, 5) is 0. The van der Waals surface area contributed by atoms with Crippen LogP contribution < -0.4 is 9.47 Å². The minimum atomic E-state index is -0.549. The number of hydrogen-bond donors (Lipinski definition) is 1. The van der Waals surface area contributed by atoms with Crippen molar-refractivity contribution in [1.82, 2.24) is 0 Å². The lowest BCUT2D eigenvalue weighted by Gasteiger charge is -2.17. The van der Waals surface area contributed by atoms with Gasteiger partial charge in [-0.3, -0.25) is 0 Å². The number of halogens is 1. The first-order valence-electron chi connectivity index (χ1n) is 6.00. The van der Waals surface area contributed by atoms with Crippen LogP contribution in [0.2, 0.25) is 5.02 Å². The summed E-state index contributed by atoms with van der Waals surface area (Å²) >= 11 is 6.20. The Hall–Kier alpha value is -0.930. The summed E-state index contributed by atoms with van der Waals surface area (Å²) in [5, 5.41) is 10.9. The van der Waals surface area contributed by atoms with Crippen LogP contribution in [-0.4, -0.2) is 19.3 Å². The van der Waals surface area contributed by atoms with E-state index >= 15 is 0 Å². The molecular formula is C14H19ClO3. The molecule has 0 bridgehead atoms. The van der Waals surface area contributed by atoms with E-state index < -0.39 is 6.10 Å². The van der Waals surface area contributed by atoms with Gasteiger partial charge in [0, 0.05) is 11.6 Å². The SMILES string of the molecule is COc1cc(Cl)c(C(O)C2CC2(C)C)cc1OC. The van der Waals surface area contributed by atoms with Gasteiger partial charge in [-0.05, 0) is 23.8 Å². The molecule has 0 spiro atoms. The molecule has 0 radical (unpaired) electrons. The van der Waals surface area contributed by atoms with Gasteiger partial charge in [0.2, 0.25) is 0 Å². The number of ether oxygens (including phenoxy) is 2. The fourth-order valence-corrected chi connectivity index (χ4v) is 2.63. The largest absolute Gasteiger partial charge is 0.493 e. The first-order valence-corrected chi connectivity index (χ1v) is 6.38. The third-order valence-electron chi connectivity index (χ3n) is 3.79. The summed E-state index contributed by atoms with van der Waals surface area (Å²) in [6, 6.07) is 3.45. The Morgan fingerprint density at radius 3 is 2.22 bits per heavy atom. The average Bonchev–Trinajstić information content (AvgIpc) is 2.97. The number of methoxy groups -OCH3 is 2. The highest BCUT2D eigenvalue weighted by Crippen LogP contribution is 2.58. The smallest absolute Gasteiger partial charge is 0.162 e. The molecule has 18 heavy (non-hydrogen) atoms. The molecule has 2 unspecified atom stereocenters. The maximum Gasteiger partial charge on any atom is 0.162 e. The Morgan fingerprint density at radius 2 is 1.78 bits per heavy atom. The Kier molecular flexibility index (Phi) is 3.47. The highest BCUT2D eigenvalue weighted by Gasteiger charge is 2.50. The lowest BCUT2D eigenvalue weighted by atomic mass is 9.99. The number of aliphatic hydroxyl groups is 1. The van der Waals surface area contributed by atoms with Crippen LogP contribution in [0.1, 0.15) is 31.9 Å². The van der Waals surface area contributed by atoms with Crippen LogP contribution in [0.15, 0.2) is 12.1 Å². The quantitative estimate of drug-likeness (QED) is 0.911. The zero-order chi connectivity index (χ0) is 13.5. The van der Waals surface area contributed by atoms with E-state index in [9.17, 15) is 5.11 Å². The monoisotopic (exact) mass is 270 g/mol. The van der Waals surface area contributed by atoms with E-state index in [1.165, 1.54) is 0 Å². The number of aliphatic hydroxyl groups excluding tert-OH is 1. The second-order valence-corrected chi connectivity index (χ2v) is 5.88. The lowest BCUT2D eigenvalue weighted by molar-refractivity contribution is 0.138. The van der Waals surface area contributed by atoms with Gasteiger partial charge in [-0.15, -0.1) is 0 Å². The molecule has 1 fully saturated rings. The van der Waals surface area contributed by atoms with Gasteiger partial charge in [-0.1, -0.05) is 25.4 Å². The minimum Gasteiger partial charge on any atom is -0.493 e. The van der Waals surface area contributed by atoms with Crippen LogP contribution in [0.5, 0.6) is 11.5 Å². The molecule has 1 N–H and O–H groups in total. The van der Waals surface area contributed by atoms with E-state index in [2.05, 4.69) is 13.8 Å². The summed E-state index contributed by atoms with van der Waals surface area (Å²) in [5.74, 6) is 1.43. The van der Waals surface area contributed by atoms with Crippen molar-refractivity contribution in [3.8, 4) is 11.5 Å². The number of rotatable bonds is 4. The van der Waals surface area contributed by atoms with Crippen molar-refractivity contribution < 1.29 is 14.6 Å². The Bertz CT molecular complexity index is 457. The molecule has 0 heterocycles. The van der Waals surface area contributed by atoms with Crippen molar-refractivity contribution in [1.29, 1.82) is 0 Å².